The molecule has 0 radical (unpaired) electrons. The molecule has 1 aliphatic rings. The molecule has 12 nitrogen and oxygen atoms in total. The molecule has 0 aliphatic carbocycles. The smallest absolute Gasteiger partial charge is 0.245 e. The number of hydrogen-bond acceptors (Lipinski definition) is 8. The number of carbonyl (C=O) groups is 4. The summed E-state index contributed by atoms with van der Waals surface area (Å²) in [5, 5.41) is 16.5. The Bertz CT molecular complexity index is 1340. The minimum atomic E-state index is -0.858. The number of likely N-dealkylation sites (tertiary alicyclic amines) is 1. The first-order valence-electron chi connectivity index (χ1n) is 18.8. The monoisotopic (exact) mass is 753 g/mol. The van der Waals surface area contributed by atoms with Crippen LogP contribution in [0.2, 0.25) is 0 Å². The Morgan fingerprint density at radius 2 is 1.57 bits per heavy atom. The van der Waals surface area contributed by atoms with Gasteiger partial charge in [-0.3, -0.25) is 24.1 Å². The number of amides is 4. The Balaban J connectivity index is 2.26. The van der Waals surface area contributed by atoms with Gasteiger partial charge in [0.15, 0.2) is 0 Å². The largest absolute Gasteiger partial charge is 0.391 e. The van der Waals surface area contributed by atoms with E-state index in [1.165, 1.54) is 25.2 Å². The van der Waals surface area contributed by atoms with E-state index in [0.717, 1.165) is 12.1 Å². The second kappa shape index (κ2) is 21.0. The average molecular weight is 754 g/mol. The lowest BCUT2D eigenvalue weighted by Gasteiger charge is -2.41. The molecule has 9 atom stereocenters. The van der Waals surface area contributed by atoms with Crippen LogP contribution in [0.25, 0.3) is 0 Å². The molecule has 1 unspecified atom stereocenters. The van der Waals surface area contributed by atoms with Crippen molar-refractivity contribution < 1.29 is 42.5 Å². The summed E-state index contributed by atoms with van der Waals surface area (Å²) in [5.41, 5.74) is -0.122. The Morgan fingerprint density at radius 1 is 0.962 bits per heavy atom. The highest BCUT2D eigenvalue weighted by Crippen LogP contribution is 2.30. The Hall–Kier alpha value is -3.20. The van der Waals surface area contributed by atoms with Gasteiger partial charge in [0.2, 0.25) is 23.6 Å². The average Bonchev–Trinajstić information content (AvgIpc) is 3.48. The molecule has 1 aliphatic heterocycles. The number of benzene rings is 1. The fourth-order valence-electron chi connectivity index (χ4n) is 7.65. The van der Waals surface area contributed by atoms with E-state index in [9.17, 15) is 33.1 Å². The predicted octanol–water partition coefficient (Wildman–Crippen LogP) is 3.24. The topological polar surface area (TPSA) is 141 Å². The van der Waals surface area contributed by atoms with Gasteiger partial charge in [0.25, 0.3) is 0 Å². The summed E-state index contributed by atoms with van der Waals surface area (Å²) in [6, 6.07) is 1.16. The van der Waals surface area contributed by atoms with Gasteiger partial charge in [-0.1, -0.05) is 61.0 Å². The number of aliphatic hydroxyl groups excluding tert-OH is 1. The summed E-state index contributed by atoms with van der Waals surface area (Å²) in [4.78, 5) is 59.9. The SMILES string of the molecule is CCC(C)[C@@H]([C@@H](CC(=O)N1C[C@@H](O)C[C@H]1[C@H](OC)[C@@H](C)C(=O)NCCc1c(F)cccc1F)OC)N(C)C(=O)[C@@H](NC(=O)[C@H](C(C)C)N(C)C)C(C)C. The third-order valence-electron chi connectivity index (χ3n) is 10.7. The van der Waals surface area contributed by atoms with Crippen LogP contribution in [0.15, 0.2) is 18.2 Å². The number of nitrogens with zero attached hydrogens (tertiary/aromatic N) is 3. The van der Waals surface area contributed by atoms with Crippen molar-refractivity contribution in [3.63, 3.8) is 0 Å². The minimum Gasteiger partial charge on any atom is -0.391 e. The van der Waals surface area contributed by atoms with Crippen LogP contribution in [0.4, 0.5) is 8.78 Å². The number of likely N-dealkylation sites (N-methyl/N-ethyl adjacent to an activating group) is 2. The number of nitrogens with one attached hydrogen (secondary N) is 2. The van der Waals surface area contributed by atoms with Gasteiger partial charge in [-0.2, -0.15) is 0 Å². The molecular weight excluding hydrogens is 688 g/mol. The lowest BCUT2D eigenvalue weighted by atomic mass is 9.89. The van der Waals surface area contributed by atoms with Crippen LogP contribution in [-0.2, 0) is 35.1 Å². The van der Waals surface area contributed by atoms with Gasteiger partial charge in [0.1, 0.15) is 17.7 Å². The Labute approximate surface area is 315 Å². The molecule has 0 spiro atoms. The normalized spacial score (nSPS) is 20.2. The van der Waals surface area contributed by atoms with E-state index < -0.39 is 65.9 Å². The van der Waals surface area contributed by atoms with Crippen LogP contribution in [0, 0.1) is 35.3 Å². The highest BCUT2D eigenvalue weighted by molar-refractivity contribution is 5.90. The van der Waals surface area contributed by atoms with Crippen molar-refractivity contribution in [2.75, 3.05) is 48.5 Å². The van der Waals surface area contributed by atoms with E-state index >= 15 is 0 Å². The van der Waals surface area contributed by atoms with Crippen LogP contribution < -0.4 is 10.6 Å². The molecule has 1 heterocycles. The zero-order valence-electron chi connectivity index (χ0n) is 33.8. The lowest BCUT2D eigenvalue weighted by Crippen LogP contribution is -2.59. The fraction of sp³-hybridized carbons (Fsp3) is 0.744. The van der Waals surface area contributed by atoms with Crippen molar-refractivity contribution in [2.24, 2.45) is 23.7 Å². The number of halogens is 2. The summed E-state index contributed by atoms with van der Waals surface area (Å²) in [6.07, 6.45) is -1.71. The highest BCUT2D eigenvalue weighted by atomic mass is 19.1. The maximum Gasteiger partial charge on any atom is 0.245 e. The number of aliphatic hydroxyl groups is 1. The molecule has 4 amide bonds. The number of hydrogen-bond donors (Lipinski definition) is 3. The molecule has 2 rings (SSSR count). The van der Waals surface area contributed by atoms with Crippen molar-refractivity contribution in [3.05, 3.63) is 35.4 Å². The van der Waals surface area contributed by atoms with Gasteiger partial charge in [-0.25, -0.2) is 8.78 Å². The standard InChI is InChI=1S/C39H65F2N5O7/c1-13-24(6)35(45(10)39(51)33(22(2)3)43-38(50)34(23(4)5)44(8)9)31(52-11)20-32(48)46-21-26(47)19-30(46)36(53-12)25(7)37(49)42-18-17-27-28(40)15-14-16-29(27)41/h14-16,22-26,30-31,33-36,47H,13,17-21H2,1-12H3,(H,42,49)(H,43,50)/t24?,25-,26+,30+,31-,33+,34+,35+,36-/m1/s1. The van der Waals surface area contributed by atoms with Crippen LogP contribution in [0.1, 0.15) is 73.3 Å². The van der Waals surface area contributed by atoms with E-state index in [0.29, 0.717) is 6.42 Å². The summed E-state index contributed by atoms with van der Waals surface area (Å²) < 4.78 is 39.9. The van der Waals surface area contributed by atoms with Gasteiger partial charge >= 0.3 is 0 Å². The van der Waals surface area contributed by atoms with E-state index in [1.807, 2.05) is 60.5 Å². The van der Waals surface area contributed by atoms with Crippen molar-refractivity contribution in [2.45, 2.75) is 117 Å². The molecule has 0 bridgehead atoms. The molecule has 3 N–H and O–H groups in total. The molecule has 1 saturated heterocycles. The summed E-state index contributed by atoms with van der Waals surface area (Å²) >= 11 is 0. The van der Waals surface area contributed by atoms with E-state index in [4.69, 9.17) is 9.47 Å². The van der Waals surface area contributed by atoms with Crippen molar-refractivity contribution >= 4 is 23.6 Å². The lowest BCUT2D eigenvalue weighted by molar-refractivity contribution is -0.148. The van der Waals surface area contributed by atoms with Crippen LogP contribution in [0.3, 0.4) is 0 Å². The molecular formula is C39H65F2N5O7. The van der Waals surface area contributed by atoms with Gasteiger partial charge in [0.05, 0.1) is 48.8 Å². The number of rotatable bonds is 20. The second-order valence-electron chi connectivity index (χ2n) is 15.4. The first kappa shape index (κ1) is 46.0. The molecule has 0 aromatic heterocycles. The third-order valence-corrected chi connectivity index (χ3v) is 10.7. The molecule has 53 heavy (non-hydrogen) atoms. The van der Waals surface area contributed by atoms with Gasteiger partial charge in [-0.15, -0.1) is 0 Å². The highest BCUT2D eigenvalue weighted by Gasteiger charge is 2.45. The molecule has 1 fully saturated rings. The van der Waals surface area contributed by atoms with Crippen molar-refractivity contribution in [1.29, 1.82) is 0 Å². The summed E-state index contributed by atoms with van der Waals surface area (Å²) in [7, 11) is 8.25. The second-order valence-corrected chi connectivity index (χ2v) is 15.4. The Kier molecular flexibility index (Phi) is 18.2. The van der Waals surface area contributed by atoms with E-state index in [-0.39, 0.29) is 73.4 Å². The zero-order chi connectivity index (χ0) is 40.3. The zero-order valence-corrected chi connectivity index (χ0v) is 33.8. The predicted molar refractivity (Wildman–Crippen MR) is 200 cm³/mol. The maximum atomic E-state index is 14.2. The maximum absolute atomic E-state index is 14.2. The van der Waals surface area contributed by atoms with E-state index in [1.54, 1.807) is 18.9 Å². The van der Waals surface area contributed by atoms with Crippen LogP contribution in [-0.4, -0.2) is 134 Å². The number of methoxy groups -OCH3 is 2. The summed E-state index contributed by atoms with van der Waals surface area (Å²) in [5.74, 6) is -3.75. The molecule has 1 aromatic carbocycles. The minimum absolute atomic E-state index is 0.0124. The quantitative estimate of drug-likeness (QED) is 0.185. The van der Waals surface area contributed by atoms with Crippen molar-refractivity contribution in [3.8, 4) is 0 Å². The first-order valence-corrected chi connectivity index (χ1v) is 18.8. The van der Waals surface area contributed by atoms with E-state index in [2.05, 4.69) is 10.6 Å². The Morgan fingerprint density at radius 3 is 2.06 bits per heavy atom. The first-order chi connectivity index (χ1) is 24.8. The van der Waals surface area contributed by atoms with Gasteiger partial charge in [-0.05, 0) is 56.8 Å². The fourth-order valence-corrected chi connectivity index (χ4v) is 7.65. The molecule has 0 saturated carbocycles. The van der Waals surface area contributed by atoms with Gasteiger partial charge < -0.3 is 35.0 Å². The van der Waals surface area contributed by atoms with Crippen LogP contribution in [0.5, 0.6) is 0 Å². The molecule has 1 aromatic rings. The molecule has 302 valence electrons. The summed E-state index contributed by atoms with van der Waals surface area (Å²) in [6.45, 7) is 13.3. The number of ether oxygens (including phenoxy) is 2. The van der Waals surface area contributed by atoms with Crippen LogP contribution >= 0.6 is 0 Å². The third kappa shape index (κ3) is 11.9. The van der Waals surface area contributed by atoms with Gasteiger partial charge in [0, 0.05) is 39.9 Å². The number of β-amino-alcohol motifs (C(OH)–C–C–N with tert-alkyl or cyclic N) is 1. The molecule has 14 heteroatoms. The number of carbonyl (C=O) groups excluding carboxylic acids is 4. The van der Waals surface area contributed by atoms with Crippen molar-refractivity contribution in [1.82, 2.24) is 25.3 Å².